The van der Waals surface area contributed by atoms with Crippen molar-refractivity contribution < 1.29 is 14.4 Å². The van der Waals surface area contributed by atoms with Gasteiger partial charge in [-0.3, -0.25) is 19.7 Å². The van der Waals surface area contributed by atoms with E-state index in [0.717, 1.165) is 11.3 Å². The summed E-state index contributed by atoms with van der Waals surface area (Å²) in [5.74, 6) is -1.16. The van der Waals surface area contributed by atoms with Gasteiger partial charge in [0, 0.05) is 6.42 Å². The number of nitrogens with one attached hydrogen (secondary N) is 2. The molecule has 0 spiro atoms. The molecule has 7 nitrogen and oxygen atoms in total. The van der Waals surface area contributed by atoms with E-state index in [1.807, 2.05) is 31.2 Å². The SMILES string of the molecule is Cc1ccc(-n2ncc(C(=O)NC3CCC(=O)NC3=O)c2C)cc1. The third-order valence-electron chi connectivity index (χ3n) is 4.08. The van der Waals surface area contributed by atoms with Crippen LogP contribution in [-0.4, -0.2) is 33.5 Å². The number of hydrogen-bond acceptors (Lipinski definition) is 4. The highest BCUT2D eigenvalue weighted by atomic mass is 16.2. The molecule has 1 aromatic carbocycles. The molecule has 124 valence electrons. The smallest absolute Gasteiger partial charge is 0.255 e. The minimum Gasteiger partial charge on any atom is -0.340 e. The Labute approximate surface area is 139 Å². The molecule has 0 bridgehead atoms. The molecule has 3 amide bonds. The van der Waals surface area contributed by atoms with Gasteiger partial charge in [0.1, 0.15) is 6.04 Å². The lowest BCUT2D eigenvalue weighted by Gasteiger charge is -2.21. The van der Waals surface area contributed by atoms with Crippen molar-refractivity contribution in [2.45, 2.75) is 32.7 Å². The molecule has 0 saturated carbocycles. The van der Waals surface area contributed by atoms with Gasteiger partial charge in [-0.2, -0.15) is 5.10 Å². The highest BCUT2D eigenvalue weighted by molar-refractivity contribution is 6.04. The van der Waals surface area contributed by atoms with Crippen molar-refractivity contribution in [3.05, 3.63) is 47.3 Å². The summed E-state index contributed by atoms with van der Waals surface area (Å²) >= 11 is 0. The topological polar surface area (TPSA) is 93.1 Å². The molecule has 1 saturated heterocycles. The van der Waals surface area contributed by atoms with Gasteiger partial charge < -0.3 is 5.32 Å². The number of hydrogen-bond donors (Lipinski definition) is 2. The number of carbonyl (C=O) groups is 3. The third kappa shape index (κ3) is 3.05. The standard InChI is InChI=1S/C17H18N4O3/c1-10-3-5-12(6-4-10)21-11(2)13(9-18-21)16(23)19-14-7-8-15(22)20-17(14)24/h3-6,9,14H,7-8H2,1-2H3,(H,19,23)(H,20,22,24). The van der Waals surface area contributed by atoms with E-state index < -0.39 is 11.9 Å². The van der Waals surface area contributed by atoms with Crippen LogP contribution in [0.2, 0.25) is 0 Å². The summed E-state index contributed by atoms with van der Waals surface area (Å²) in [6, 6.07) is 7.10. The van der Waals surface area contributed by atoms with Crippen molar-refractivity contribution >= 4 is 17.7 Å². The fourth-order valence-corrected chi connectivity index (χ4v) is 2.65. The van der Waals surface area contributed by atoms with Crippen LogP contribution >= 0.6 is 0 Å². The zero-order chi connectivity index (χ0) is 17.3. The van der Waals surface area contributed by atoms with Crippen molar-refractivity contribution in [2.24, 2.45) is 0 Å². The second-order valence-electron chi connectivity index (χ2n) is 5.87. The average molecular weight is 326 g/mol. The highest BCUT2D eigenvalue weighted by Gasteiger charge is 2.29. The quantitative estimate of drug-likeness (QED) is 0.824. The van der Waals surface area contributed by atoms with E-state index in [-0.39, 0.29) is 18.2 Å². The maximum Gasteiger partial charge on any atom is 0.255 e. The number of aromatic nitrogens is 2. The van der Waals surface area contributed by atoms with Crippen LogP contribution in [0, 0.1) is 13.8 Å². The van der Waals surface area contributed by atoms with Gasteiger partial charge in [-0.05, 0) is 32.4 Å². The fourth-order valence-electron chi connectivity index (χ4n) is 2.65. The van der Waals surface area contributed by atoms with Crippen LogP contribution in [0.3, 0.4) is 0 Å². The van der Waals surface area contributed by atoms with Crippen LogP contribution in [0.1, 0.15) is 34.5 Å². The van der Waals surface area contributed by atoms with Crippen molar-refractivity contribution in [1.29, 1.82) is 0 Å². The summed E-state index contributed by atoms with van der Waals surface area (Å²) in [7, 11) is 0. The van der Waals surface area contributed by atoms with Crippen LogP contribution in [-0.2, 0) is 9.59 Å². The van der Waals surface area contributed by atoms with E-state index in [4.69, 9.17) is 0 Å². The van der Waals surface area contributed by atoms with E-state index in [9.17, 15) is 14.4 Å². The molecule has 1 aliphatic rings. The maximum absolute atomic E-state index is 12.4. The monoisotopic (exact) mass is 326 g/mol. The Morgan fingerprint density at radius 1 is 1.25 bits per heavy atom. The van der Waals surface area contributed by atoms with E-state index in [0.29, 0.717) is 17.7 Å². The van der Waals surface area contributed by atoms with Gasteiger partial charge in [-0.1, -0.05) is 17.7 Å². The van der Waals surface area contributed by atoms with Crippen LogP contribution in [0.4, 0.5) is 0 Å². The van der Waals surface area contributed by atoms with E-state index in [1.54, 1.807) is 11.6 Å². The largest absolute Gasteiger partial charge is 0.340 e. The molecule has 0 aliphatic carbocycles. The Kier molecular flexibility index (Phi) is 4.16. The predicted molar refractivity (Wildman–Crippen MR) is 86.7 cm³/mol. The first-order valence-corrected chi connectivity index (χ1v) is 7.72. The lowest BCUT2D eigenvalue weighted by Crippen LogP contribution is -2.52. The lowest BCUT2D eigenvalue weighted by atomic mass is 10.1. The molecule has 24 heavy (non-hydrogen) atoms. The first-order valence-electron chi connectivity index (χ1n) is 7.72. The Balaban J connectivity index is 1.78. The molecule has 1 unspecified atom stereocenters. The molecule has 1 aliphatic heterocycles. The number of aryl methyl sites for hydroxylation is 1. The average Bonchev–Trinajstić information content (AvgIpc) is 2.92. The molecular weight excluding hydrogens is 308 g/mol. The van der Waals surface area contributed by atoms with Gasteiger partial charge in [0.15, 0.2) is 0 Å². The number of benzene rings is 1. The summed E-state index contributed by atoms with van der Waals surface area (Å²) in [5, 5.41) is 9.15. The minimum atomic E-state index is -0.697. The summed E-state index contributed by atoms with van der Waals surface area (Å²) in [6.45, 7) is 3.80. The Morgan fingerprint density at radius 2 is 1.96 bits per heavy atom. The summed E-state index contributed by atoms with van der Waals surface area (Å²) in [5.41, 5.74) is 3.08. The number of nitrogens with zero attached hydrogens (tertiary/aromatic N) is 2. The molecule has 1 aromatic heterocycles. The Bertz CT molecular complexity index is 808. The van der Waals surface area contributed by atoms with Crippen molar-refractivity contribution in [3.63, 3.8) is 0 Å². The second-order valence-corrected chi connectivity index (χ2v) is 5.87. The zero-order valence-corrected chi connectivity index (χ0v) is 13.5. The van der Waals surface area contributed by atoms with Gasteiger partial charge in [0.05, 0.1) is 23.1 Å². The normalized spacial score (nSPS) is 17.5. The van der Waals surface area contributed by atoms with Crippen molar-refractivity contribution in [2.75, 3.05) is 0 Å². The zero-order valence-electron chi connectivity index (χ0n) is 13.5. The number of carbonyl (C=O) groups excluding carboxylic acids is 3. The van der Waals surface area contributed by atoms with Crippen LogP contribution in [0.5, 0.6) is 0 Å². The summed E-state index contributed by atoms with van der Waals surface area (Å²) in [4.78, 5) is 35.3. The molecule has 2 N–H and O–H groups in total. The molecule has 1 fully saturated rings. The van der Waals surface area contributed by atoms with Gasteiger partial charge in [0.2, 0.25) is 11.8 Å². The first kappa shape index (κ1) is 15.9. The lowest BCUT2D eigenvalue weighted by molar-refractivity contribution is -0.134. The summed E-state index contributed by atoms with van der Waals surface area (Å²) in [6.07, 6.45) is 2.01. The van der Waals surface area contributed by atoms with Crippen LogP contribution < -0.4 is 10.6 Å². The van der Waals surface area contributed by atoms with Crippen LogP contribution in [0.25, 0.3) is 5.69 Å². The number of amides is 3. The molecule has 2 heterocycles. The number of piperidine rings is 1. The highest BCUT2D eigenvalue weighted by Crippen LogP contribution is 2.15. The first-order chi connectivity index (χ1) is 11.5. The van der Waals surface area contributed by atoms with E-state index >= 15 is 0 Å². The van der Waals surface area contributed by atoms with E-state index in [1.165, 1.54) is 6.20 Å². The molecule has 1 atom stereocenters. The van der Waals surface area contributed by atoms with Crippen molar-refractivity contribution in [3.8, 4) is 5.69 Å². The molecule has 7 heteroatoms. The van der Waals surface area contributed by atoms with Gasteiger partial charge in [-0.25, -0.2) is 4.68 Å². The third-order valence-corrected chi connectivity index (χ3v) is 4.08. The van der Waals surface area contributed by atoms with Gasteiger partial charge in [-0.15, -0.1) is 0 Å². The number of rotatable bonds is 3. The fraction of sp³-hybridized carbons (Fsp3) is 0.294. The van der Waals surface area contributed by atoms with Gasteiger partial charge in [0.25, 0.3) is 5.91 Å². The summed E-state index contributed by atoms with van der Waals surface area (Å²) < 4.78 is 1.68. The second kappa shape index (κ2) is 6.27. The Morgan fingerprint density at radius 3 is 2.62 bits per heavy atom. The molecule has 2 aromatic rings. The number of imide groups is 1. The van der Waals surface area contributed by atoms with Crippen LogP contribution in [0.15, 0.2) is 30.5 Å². The minimum absolute atomic E-state index is 0.221. The van der Waals surface area contributed by atoms with Crippen molar-refractivity contribution in [1.82, 2.24) is 20.4 Å². The molecule has 3 rings (SSSR count). The molecular formula is C17H18N4O3. The van der Waals surface area contributed by atoms with Gasteiger partial charge >= 0.3 is 0 Å². The molecule has 0 radical (unpaired) electrons. The maximum atomic E-state index is 12.4. The van der Waals surface area contributed by atoms with E-state index in [2.05, 4.69) is 15.7 Å². The Hall–Kier alpha value is -2.96. The predicted octanol–water partition coefficient (Wildman–Crippen LogP) is 1.02.